The van der Waals surface area contributed by atoms with E-state index in [9.17, 15) is 4.79 Å². The van der Waals surface area contributed by atoms with Crippen LogP contribution < -0.4 is 5.32 Å². The number of nitrogens with zero attached hydrogens (tertiary/aromatic N) is 1. The molecule has 1 unspecified atom stereocenters. The van der Waals surface area contributed by atoms with Gasteiger partial charge in [-0.15, -0.1) is 0 Å². The molecule has 0 aliphatic carbocycles. The number of likely N-dealkylation sites (tertiary alicyclic amines) is 1. The van der Waals surface area contributed by atoms with Crippen molar-refractivity contribution in [2.75, 3.05) is 19.6 Å². The van der Waals surface area contributed by atoms with Crippen molar-refractivity contribution >= 4 is 5.91 Å². The van der Waals surface area contributed by atoms with E-state index in [0.29, 0.717) is 6.04 Å². The number of carbonyl (C=O) groups is 1. The molecule has 0 bridgehead atoms. The zero-order valence-corrected chi connectivity index (χ0v) is 9.55. The zero-order chi connectivity index (χ0) is 10.6. The smallest absolute Gasteiger partial charge is 0.216 e. The van der Waals surface area contributed by atoms with Crippen molar-refractivity contribution in [3.8, 4) is 0 Å². The van der Waals surface area contributed by atoms with Crippen LogP contribution >= 0.6 is 0 Å². The molecule has 1 aliphatic rings. The zero-order valence-electron chi connectivity index (χ0n) is 9.55. The average Bonchev–Trinajstić information content (AvgIpc) is 2.51. The Morgan fingerprint density at radius 3 is 2.86 bits per heavy atom. The first-order valence-electron chi connectivity index (χ1n) is 5.58. The molecule has 2 atom stereocenters. The Morgan fingerprint density at radius 1 is 1.64 bits per heavy atom. The maximum absolute atomic E-state index is 10.7. The van der Waals surface area contributed by atoms with Crippen molar-refractivity contribution in [1.29, 1.82) is 0 Å². The number of rotatable bonds is 4. The van der Waals surface area contributed by atoms with Crippen molar-refractivity contribution in [3.63, 3.8) is 0 Å². The van der Waals surface area contributed by atoms with Crippen LogP contribution in [0, 0.1) is 5.92 Å². The highest BCUT2D eigenvalue weighted by Crippen LogP contribution is 2.18. The normalized spacial score (nSPS) is 24.9. The van der Waals surface area contributed by atoms with Crippen LogP contribution in [0.15, 0.2) is 0 Å². The van der Waals surface area contributed by atoms with Crippen molar-refractivity contribution in [2.24, 2.45) is 5.92 Å². The topological polar surface area (TPSA) is 32.3 Å². The third kappa shape index (κ3) is 3.66. The molecule has 0 aromatic rings. The minimum absolute atomic E-state index is 0.0759. The molecule has 1 fully saturated rings. The van der Waals surface area contributed by atoms with E-state index in [2.05, 4.69) is 24.1 Å². The molecule has 1 rings (SSSR count). The van der Waals surface area contributed by atoms with Gasteiger partial charge < -0.3 is 10.2 Å². The summed E-state index contributed by atoms with van der Waals surface area (Å²) in [6, 6.07) is 0.604. The van der Waals surface area contributed by atoms with E-state index in [1.807, 2.05) is 0 Å². The molecular weight excluding hydrogens is 176 g/mol. The minimum atomic E-state index is 0.0759. The summed E-state index contributed by atoms with van der Waals surface area (Å²) in [6.07, 6.45) is 2.39. The van der Waals surface area contributed by atoms with Crippen molar-refractivity contribution < 1.29 is 4.79 Å². The summed E-state index contributed by atoms with van der Waals surface area (Å²) in [4.78, 5) is 13.2. The summed E-state index contributed by atoms with van der Waals surface area (Å²) >= 11 is 0. The van der Waals surface area contributed by atoms with Crippen LogP contribution in [0.5, 0.6) is 0 Å². The van der Waals surface area contributed by atoms with Gasteiger partial charge in [0.25, 0.3) is 0 Å². The second-order valence-electron chi connectivity index (χ2n) is 4.51. The summed E-state index contributed by atoms with van der Waals surface area (Å²) < 4.78 is 0. The van der Waals surface area contributed by atoms with Crippen molar-refractivity contribution in [3.05, 3.63) is 0 Å². The molecule has 1 amide bonds. The first-order chi connectivity index (χ1) is 6.59. The van der Waals surface area contributed by atoms with Crippen LogP contribution in [0.25, 0.3) is 0 Å². The summed E-state index contributed by atoms with van der Waals surface area (Å²) in [7, 11) is 0. The van der Waals surface area contributed by atoms with Gasteiger partial charge in [-0.3, -0.25) is 4.79 Å². The molecule has 3 nitrogen and oxygen atoms in total. The second-order valence-corrected chi connectivity index (χ2v) is 4.51. The molecule has 1 saturated heterocycles. The number of carbonyl (C=O) groups excluding carboxylic acids is 1. The standard InChI is InChI=1S/C11H22N2O/c1-9-5-7-13(8-9)10(2)4-6-12-11(3)14/h9-10H,4-8H2,1-3H3,(H,12,14)/t9-,10?/m0/s1. The third-order valence-electron chi connectivity index (χ3n) is 3.01. The lowest BCUT2D eigenvalue weighted by molar-refractivity contribution is -0.119. The van der Waals surface area contributed by atoms with Crippen LogP contribution in [0.1, 0.15) is 33.6 Å². The van der Waals surface area contributed by atoms with Gasteiger partial charge in [-0.25, -0.2) is 0 Å². The Hall–Kier alpha value is -0.570. The van der Waals surface area contributed by atoms with E-state index < -0.39 is 0 Å². The number of nitrogens with one attached hydrogen (secondary N) is 1. The average molecular weight is 198 g/mol. The van der Waals surface area contributed by atoms with Crippen molar-refractivity contribution in [2.45, 2.75) is 39.7 Å². The summed E-state index contributed by atoms with van der Waals surface area (Å²) in [5.74, 6) is 0.921. The summed E-state index contributed by atoms with van der Waals surface area (Å²) in [5.41, 5.74) is 0. The first kappa shape index (κ1) is 11.5. The summed E-state index contributed by atoms with van der Waals surface area (Å²) in [5, 5.41) is 2.85. The van der Waals surface area contributed by atoms with Gasteiger partial charge in [0.2, 0.25) is 5.91 Å². The van der Waals surface area contributed by atoms with Crippen LogP contribution in [-0.2, 0) is 4.79 Å². The first-order valence-corrected chi connectivity index (χ1v) is 5.58. The van der Waals surface area contributed by atoms with Crippen LogP contribution in [0.4, 0.5) is 0 Å². The van der Waals surface area contributed by atoms with E-state index >= 15 is 0 Å². The lowest BCUT2D eigenvalue weighted by Crippen LogP contribution is -2.34. The molecule has 0 aromatic carbocycles. The Morgan fingerprint density at radius 2 is 2.36 bits per heavy atom. The molecule has 1 heterocycles. The largest absolute Gasteiger partial charge is 0.356 e. The van der Waals surface area contributed by atoms with Gasteiger partial charge in [-0.05, 0) is 32.2 Å². The monoisotopic (exact) mass is 198 g/mol. The molecule has 82 valence electrons. The highest BCUT2D eigenvalue weighted by atomic mass is 16.1. The molecule has 14 heavy (non-hydrogen) atoms. The lowest BCUT2D eigenvalue weighted by atomic mass is 10.2. The fourth-order valence-corrected chi connectivity index (χ4v) is 2.01. The Bertz CT molecular complexity index is 194. The quantitative estimate of drug-likeness (QED) is 0.737. The van der Waals surface area contributed by atoms with Gasteiger partial charge in [0.05, 0.1) is 0 Å². The van der Waals surface area contributed by atoms with E-state index in [4.69, 9.17) is 0 Å². The molecule has 1 aliphatic heterocycles. The number of amides is 1. The molecular formula is C11H22N2O. The highest BCUT2D eigenvalue weighted by Gasteiger charge is 2.22. The highest BCUT2D eigenvalue weighted by molar-refractivity contribution is 5.72. The van der Waals surface area contributed by atoms with Gasteiger partial charge in [0.15, 0.2) is 0 Å². The second kappa shape index (κ2) is 5.35. The van der Waals surface area contributed by atoms with Gasteiger partial charge in [0, 0.05) is 26.1 Å². The van der Waals surface area contributed by atoms with Gasteiger partial charge >= 0.3 is 0 Å². The van der Waals surface area contributed by atoms with E-state index in [0.717, 1.165) is 18.9 Å². The van der Waals surface area contributed by atoms with E-state index in [1.165, 1.54) is 19.5 Å². The fraction of sp³-hybridized carbons (Fsp3) is 0.909. The third-order valence-corrected chi connectivity index (χ3v) is 3.01. The Labute approximate surface area is 86.9 Å². The molecule has 3 heteroatoms. The molecule has 0 aromatic heterocycles. The van der Waals surface area contributed by atoms with Gasteiger partial charge in [-0.2, -0.15) is 0 Å². The number of hydrogen-bond acceptors (Lipinski definition) is 2. The summed E-state index contributed by atoms with van der Waals surface area (Å²) in [6.45, 7) is 9.38. The molecule has 0 spiro atoms. The van der Waals surface area contributed by atoms with Gasteiger partial charge in [-0.1, -0.05) is 6.92 Å². The van der Waals surface area contributed by atoms with Gasteiger partial charge in [0.1, 0.15) is 0 Å². The molecule has 0 radical (unpaired) electrons. The molecule has 1 N–H and O–H groups in total. The Kier molecular flexibility index (Phi) is 4.39. The number of hydrogen-bond donors (Lipinski definition) is 1. The predicted octanol–water partition coefficient (Wildman–Crippen LogP) is 1.24. The minimum Gasteiger partial charge on any atom is -0.356 e. The van der Waals surface area contributed by atoms with Crippen LogP contribution in [0.3, 0.4) is 0 Å². The van der Waals surface area contributed by atoms with Crippen molar-refractivity contribution in [1.82, 2.24) is 10.2 Å². The lowest BCUT2D eigenvalue weighted by Gasteiger charge is -2.24. The Balaban J connectivity index is 2.15. The predicted molar refractivity (Wildman–Crippen MR) is 58.1 cm³/mol. The van der Waals surface area contributed by atoms with Crippen LogP contribution in [0.2, 0.25) is 0 Å². The van der Waals surface area contributed by atoms with E-state index in [1.54, 1.807) is 6.92 Å². The fourth-order valence-electron chi connectivity index (χ4n) is 2.01. The maximum atomic E-state index is 10.7. The molecule has 0 saturated carbocycles. The SMILES string of the molecule is CC(=O)NCCC(C)N1CC[C@H](C)C1. The van der Waals surface area contributed by atoms with Crippen LogP contribution in [-0.4, -0.2) is 36.5 Å². The maximum Gasteiger partial charge on any atom is 0.216 e. The van der Waals surface area contributed by atoms with E-state index in [-0.39, 0.29) is 5.91 Å².